The van der Waals surface area contributed by atoms with Crippen molar-refractivity contribution in [2.45, 2.75) is 20.0 Å². The first-order valence-electron chi connectivity index (χ1n) is 7.16. The minimum absolute atomic E-state index is 0.0462. The summed E-state index contributed by atoms with van der Waals surface area (Å²) in [5, 5.41) is 5.93. The fourth-order valence-electron chi connectivity index (χ4n) is 2.18. The summed E-state index contributed by atoms with van der Waals surface area (Å²) in [6, 6.07) is 12.0. The fraction of sp³-hybridized carbons (Fsp3) is 0.250. The molecule has 0 atom stereocenters. The lowest BCUT2D eigenvalue weighted by Crippen LogP contribution is -2.38. The number of thiazole rings is 1. The third-order valence-corrected chi connectivity index (χ3v) is 5.22. The number of carbonyl (C=O) groups is 1. The molecule has 6 heteroatoms. The molecule has 1 N–H and O–H groups in total. The van der Waals surface area contributed by atoms with Gasteiger partial charge in [0.25, 0.3) is 0 Å². The lowest BCUT2D eigenvalue weighted by molar-refractivity contribution is 0.198. The largest absolute Gasteiger partial charge is 0.331 e. The van der Waals surface area contributed by atoms with Crippen LogP contribution in [0, 0.1) is 0 Å². The summed E-state index contributed by atoms with van der Waals surface area (Å²) in [6.45, 7) is 3.80. The Morgan fingerprint density at radius 3 is 2.86 bits per heavy atom. The summed E-state index contributed by atoms with van der Waals surface area (Å²) in [5.74, 6) is 0. The molecule has 0 radical (unpaired) electrons. The highest BCUT2D eigenvalue weighted by atomic mass is 32.1. The number of carbonyl (C=O) groups excluding carboxylic acids is 1. The van der Waals surface area contributed by atoms with Crippen molar-refractivity contribution in [2.75, 3.05) is 6.54 Å². The van der Waals surface area contributed by atoms with E-state index in [0.29, 0.717) is 19.6 Å². The van der Waals surface area contributed by atoms with Crippen molar-refractivity contribution in [3.05, 3.63) is 51.7 Å². The molecule has 0 fully saturated rings. The van der Waals surface area contributed by atoms with E-state index < -0.39 is 0 Å². The van der Waals surface area contributed by atoms with E-state index in [-0.39, 0.29) is 6.03 Å². The molecule has 0 aliphatic heterocycles. The van der Waals surface area contributed by atoms with Crippen molar-refractivity contribution in [1.29, 1.82) is 0 Å². The Kier molecular flexibility index (Phi) is 4.70. The number of hydrogen-bond donors (Lipinski definition) is 1. The third kappa shape index (κ3) is 3.45. The van der Waals surface area contributed by atoms with Crippen LogP contribution in [0.1, 0.15) is 16.8 Å². The molecule has 3 aromatic rings. The van der Waals surface area contributed by atoms with Gasteiger partial charge in [-0.05, 0) is 30.5 Å². The van der Waals surface area contributed by atoms with Crippen molar-refractivity contribution >= 4 is 38.9 Å². The summed E-state index contributed by atoms with van der Waals surface area (Å²) in [4.78, 5) is 19.8. The minimum atomic E-state index is -0.0462. The van der Waals surface area contributed by atoms with E-state index in [1.54, 1.807) is 27.6 Å². The predicted octanol–water partition coefficient (Wildman–Crippen LogP) is 4.09. The average molecular weight is 331 g/mol. The van der Waals surface area contributed by atoms with E-state index in [2.05, 4.69) is 10.3 Å². The molecule has 4 nitrogen and oxygen atoms in total. The molecule has 0 spiro atoms. The first-order valence-corrected chi connectivity index (χ1v) is 8.85. The lowest BCUT2D eigenvalue weighted by atomic mass is 10.3. The minimum Gasteiger partial charge on any atom is -0.331 e. The number of aromatic nitrogens is 1. The smallest absolute Gasteiger partial charge is 0.318 e. The number of nitrogens with zero attached hydrogens (tertiary/aromatic N) is 2. The monoisotopic (exact) mass is 331 g/mol. The van der Waals surface area contributed by atoms with Crippen LogP contribution in [-0.4, -0.2) is 22.5 Å². The highest BCUT2D eigenvalue weighted by Crippen LogP contribution is 2.21. The van der Waals surface area contributed by atoms with Crippen LogP contribution in [0.25, 0.3) is 10.2 Å². The van der Waals surface area contributed by atoms with Crippen LogP contribution < -0.4 is 5.32 Å². The van der Waals surface area contributed by atoms with Gasteiger partial charge >= 0.3 is 6.03 Å². The van der Waals surface area contributed by atoms with E-state index in [1.165, 1.54) is 4.88 Å². The number of para-hydroxylation sites is 1. The van der Waals surface area contributed by atoms with Gasteiger partial charge in [-0.3, -0.25) is 0 Å². The molecule has 0 aliphatic rings. The topological polar surface area (TPSA) is 45.2 Å². The Morgan fingerprint density at radius 1 is 1.27 bits per heavy atom. The Bertz CT molecular complexity index is 719. The lowest BCUT2D eigenvalue weighted by Gasteiger charge is -2.20. The number of thiophene rings is 1. The highest BCUT2D eigenvalue weighted by Gasteiger charge is 2.13. The standard InChI is InChI=1S/C16H17N3OS2/c1-2-19(11-12-6-5-9-21-12)16(20)17-10-15-18-13-7-3-4-8-14(13)22-15/h3-9H,2,10-11H2,1H3,(H,17,20). The maximum atomic E-state index is 12.3. The van der Waals surface area contributed by atoms with Crippen LogP contribution in [0.3, 0.4) is 0 Å². The summed E-state index contributed by atoms with van der Waals surface area (Å²) >= 11 is 3.29. The number of amides is 2. The zero-order chi connectivity index (χ0) is 15.4. The molecule has 114 valence electrons. The molecular weight excluding hydrogens is 314 g/mol. The van der Waals surface area contributed by atoms with Gasteiger partial charge in [-0.15, -0.1) is 22.7 Å². The van der Waals surface area contributed by atoms with Gasteiger partial charge in [-0.2, -0.15) is 0 Å². The molecule has 0 aliphatic carbocycles. The zero-order valence-corrected chi connectivity index (χ0v) is 13.9. The molecule has 0 saturated carbocycles. The summed E-state index contributed by atoms with van der Waals surface area (Å²) in [7, 11) is 0. The van der Waals surface area contributed by atoms with E-state index in [9.17, 15) is 4.79 Å². The number of benzene rings is 1. The Labute approximate surface area is 137 Å². The van der Waals surface area contributed by atoms with Gasteiger partial charge in [0.05, 0.1) is 23.3 Å². The van der Waals surface area contributed by atoms with Crippen LogP contribution in [0.2, 0.25) is 0 Å². The number of hydrogen-bond acceptors (Lipinski definition) is 4. The van der Waals surface area contributed by atoms with Crippen molar-refractivity contribution < 1.29 is 4.79 Å². The van der Waals surface area contributed by atoms with E-state index in [4.69, 9.17) is 0 Å². The first kappa shape index (κ1) is 15.0. The maximum absolute atomic E-state index is 12.3. The van der Waals surface area contributed by atoms with Crippen LogP contribution in [0.15, 0.2) is 41.8 Å². The second-order valence-electron chi connectivity index (χ2n) is 4.83. The molecule has 2 heterocycles. The van der Waals surface area contributed by atoms with Crippen LogP contribution in [0.4, 0.5) is 4.79 Å². The fourth-order valence-corrected chi connectivity index (χ4v) is 3.80. The van der Waals surface area contributed by atoms with Gasteiger partial charge in [0, 0.05) is 11.4 Å². The van der Waals surface area contributed by atoms with Crippen LogP contribution in [-0.2, 0) is 13.1 Å². The highest BCUT2D eigenvalue weighted by molar-refractivity contribution is 7.18. The molecule has 22 heavy (non-hydrogen) atoms. The van der Waals surface area contributed by atoms with Gasteiger partial charge in [0.1, 0.15) is 5.01 Å². The summed E-state index contributed by atoms with van der Waals surface area (Å²) in [5.41, 5.74) is 0.989. The molecular formula is C16H17N3OS2. The van der Waals surface area contributed by atoms with Crippen LogP contribution >= 0.6 is 22.7 Å². The molecule has 3 rings (SSSR count). The zero-order valence-electron chi connectivity index (χ0n) is 12.3. The molecule has 1 aromatic carbocycles. The van der Waals surface area contributed by atoms with Crippen molar-refractivity contribution in [3.8, 4) is 0 Å². The Morgan fingerprint density at radius 2 is 2.14 bits per heavy atom. The van der Waals surface area contributed by atoms with Crippen molar-refractivity contribution in [3.63, 3.8) is 0 Å². The third-order valence-electron chi connectivity index (χ3n) is 3.32. The SMILES string of the molecule is CCN(Cc1cccs1)C(=O)NCc1nc2ccccc2s1. The summed E-state index contributed by atoms with van der Waals surface area (Å²) < 4.78 is 1.15. The molecule has 0 saturated heterocycles. The summed E-state index contributed by atoms with van der Waals surface area (Å²) in [6.07, 6.45) is 0. The predicted molar refractivity (Wildman–Crippen MR) is 92.3 cm³/mol. The van der Waals surface area contributed by atoms with Gasteiger partial charge in [0.2, 0.25) is 0 Å². The molecule has 2 aromatic heterocycles. The van der Waals surface area contributed by atoms with E-state index in [1.807, 2.05) is 48.7 Å². The maximum Gasteiger partial charge on any atom is 0.318 e. The molecule has 0 unspecified atom stereocenters. The normalized spacial score (nSPS) is 10.8. The molecule has 0 bridgehead atoms. The van der Waals surface area contributed by atoms with Gasteiger partial charge in [-0.25, -0.2) is 9.78 Å². The van der Waals surface area contributed by atoms with E-state index >= 15 is 0 Å². The Hall–Kier alpha value is -1.92. The number of fused-ring (bicyclic) bond motifs is 1. The number of urea groups is 1. The van der Waals surface area contributed by atoms with Gasteiger partial charge < -0.3 is 10.2 Å². The second kappa shape index (κ2) is 6.89. The number of nitrogens with one attached hydrogen (secondary N) is 1. The van der Waals surface area contributed by atoms with Gasteiger partial charge in [0.15, 0.2) is 0 Å². The first-order chi connectivity index (χ1) is 10.8. The average Bonchev–Trinajstić information content (AvgIpc) is 3.18. The van der Waals surface area contributed by atoms with Crippen LogP contribution in [0.5, 0.6) is 0 Å². The second-order valence-corrected chi connectivity index (χ2v) is 6.98. The van der Waals surface area contributed by atoms with Gasteiger partial charge in [-0.1, -0.05) is 18.2 Å². The molecule has 2 amide bonds. The van der Waals surface area contributed by atoms with Crippen molar-refractivity contribution in [2.24, 2.45) is 0 Å². The van der Waals surface area contributed by atoms with Crippen molar-refractivity contribution in [1.82, 2.24) is 15.2 Å². The quantitative estimate of drug-likeness (QED) is 0.765. The van der Waals surface area contributed by atoms with E-state index in [0.717, 1.165) is 15.2 Å². The Balaban J connectivity index is 1.60. The number of rotatable bonds is 5.